The fourth-order valence-electron chi connectivity index (χ4n) is 3.41. The van der Waals surface area contributed by atoms with Crippen LogP contribution in [-0.2, 0) is 10.0 Å². The molecule has 1 heterocycles. The van der Waals surface area contributed by atoms with Crippen molar-refractivity contribution in [3.05, 3.63) is 59.7 Å². The highest BCUT2D eigenvalue weighted by Gasteiger charge is 2.46. The Morgan fingerprint density at radius 3 is 2.33 bits per heavy atom. The molecule has 1 N–H and O–H groups in total. The summed E-state index contributed by atoms with van der Waals surface area (Å²) < 4.78 is 61.9. The van der Waals surface area contributed by atoms with Crippen molar-refractivity contribution in [1.29, 1.82) is 0 Å². The van der Waals surface area contributed by atoms with Gasteiger partial charge < -0.3 is 9.80 Å². The Bertz CT molecular complexity index is 1030. The van der Waals surface area contributed by atoms with E-state index in [1.165, 1.54) is 29.8 Å². The van der Waals surface area contributed by atoms with Gasteiger partial charge in [0.05, 0.1) is 5.69 Å². The van der Waals surface area contributed by atoms with E-state index in [1.807, 2.05) is 37.3 Å². The minimum absolute atomic E-state index is 0.0739. The van der Waals surface area contributed by atoms with Gasteiger partial charge in [-0.15, -0.1) is 0 Å². The first-order valence-corrected chi connectivity index (χ1v) is 10.8. The van der Waals surface area contributed by atoms with Crippen molar-refractivity contribution in [3.8, 4) is 0 Å². The normalized spacial score (nSPS) is 17.7. The topological polar surface area (TPSA) is 69.7 Å². The van der Waals surface area contributed by atoms with Gasteiger partial charge in [-0.25, -0.2) is 0 Å². The van der Waals surface area contributed by atoms with E-state index in [9.17, 15) is 26.4 Å². The van der Waals surface area contributed by atoms with Gasteiger partial charge in [0.15, 0.2) is 0 Å². The average molecular weight is 441 g/mol. The van der Waals surface area contributed by atoms with Gasteiger partial charge in [-0.3, -0.25) is 9.52 Å². The lowest BCUT2D eigenvalue weighted by Crippen LogP contribution is -2.54. The molecular weight excluding hydrogens is 419 g/mol. The Morgan fingerprint density at radius 2 is 1.77 bits per heavy atom. The zero-order valence-corrected chi connectivity index (χ0v) is 17.3. The Morgan fingerprint density at radius 1 is 1.10 bits per heavy atom. The summed E-state index contributed by atoms with van der Waals surface area (Å²) in [6.45, 7) is 5.19. The third-order valence-corrected chi connectivity index (χ3v) is 6.13. The van der Waals surface area contributed by atoms with Crippen molar-refractivity contribution >= 4 is 27.3 Å². The number of aryl methyl sites for hydroxylation is 1. The summed E-state index contributed by atoms with van der Waals surface area (Å²) in [5.41, 5.74) is -4.03. The first-order chi connectivity index (χ1) is 14.0. The summed E-state index contributed by atoms with van der Waals surface area (Å²) in [5, 5.41) is 0. The first-order valence-electron chi connectivity index (χ1n) is 9.30. The molecule has 10 heteroatoms. The number of hydrogen-bond donors (Lipinski definition) is 1. The molecule has 0 radical (unpaired) electrons. The van der Waals surface area contributed by atoms with Gasteiger partial charge in [-0.2, -0.15) is 21.6 Å². The van der Waals surface area contributed by atoms with Crippen LogP contribution in [0.1, 0.15) is 22.8 Å². The Labute approximate surface area is 173 Å². The molecule has 3 rings (SSSR count). The molecule has 162 valence electrons. The van der Waals surface area contributed by atoms with Crippen molar-refractivity contribution in [2.45, 2.75) is 25.4 Å². The third kappa shape index (κ3) is 4.53. The fraction of sp³-hybridized carbons (Fsp3) is 0.350. The zero-order chi connectivity index (χ0) is 22.1. The number of anilines is 2. The largest absolute Gasteiger partial charge is 0.516 e. The van der Waals surface area contributed by atoms with E-state index in [0.717, 1.165) is 5.69 Å². The maximum absolute atomic E-state index is 13.0. The first kappa shape index (κ1) is 21.9. The number of halogens is 3. The SMILES string of the molecule is Cc1cc(C(=O)N2CCN(c3ccccc3)C[C@@H]2C)ccc1NS(=O)(=O)C(F)(F)F. The predicted molar refractivity (Wildman–Crippen MR) is 109 cm³/mol. The van der Waals surface area contributed by atoms with E-state index in [2.05, 4.69) is 4.90 Å². The van der Waals surface area contributed by atoms with Crippen molar-refractivity contribution < 1.29 is 26.4 Å². The van der Waals surface area contributed by atoms with Crippen LogP contribution in [0.15, 0.2) is 48.5 Å². The van der Waals surface area contributed by atoms with Crippen molar-refractivity contribution in [1.82, 2.24) is 4.90 Å². The van der Waals surface area contributed by atoms with Gasteiger partial charge in [0, 0.05) is 36.9 Å². The molecule has 1 fully saturated rings. The third-order valence-electron chi connectivity index (χ3n) is 5.03. The number of nitrogens with zero attached hydrogens (tertiary/aromatic N) is 2. The fourth-order valence-corrected chi connectivity index (χ4v) is 4.05. The maximum Gasteiger partial charge on any atom is 0.516 e. The number of rotatable bonds is 4. The van der Waals surface area contributed by atoms with E-state index in [-0.39, 0.29) is 23.2 Å². The number of amides is 1. The van der Waals surface area contributed by atoms with Gasteiger partial charge in [-0.05, 0) is 49.7 Å². The summed E-state index contributed by atoms with van der Waals surface area (Å²) in [6, 6.07) is 13.7. The highest BCUT2D eigenvalue weighted by Crippen LogP contribution is 2.28. The lowest BCUT2D eigenvalue weighted by molar-refractivity contribution is -0.0429. The molecule has 2 aromatic rings. The number of carbonyl (C=O) groups excluding carboxylic acids is 1. The van der Waals surface area contributed by atoms with Crippen LogP contribution in [-0.4, -0.2) is 50.4 Å². The zero-order valence-electron chi connectivity index (χ0n) is 16.5. The summed E-state index contributed by atoms with van der Waals surface area (Å²) in [5.74, 6) is -0.247. The molecule has 1 aliphatic heterocycles. The molecule has 0 aliphatic carbocycles. The van der Waals surface area contributed by atoms with E-state index in [1.54, 1.807) is 4.90 Å². The molecule has 2 aromatic carbocycles. The van der Waals surface area contributed by atoms with Crippen LogP contribution in [0.2, 0.25) is 0 Å². The molecule has 1 saturated heterocycles. The molecule has 0 saturated carbocycles. The van der Waals surface area contributed by atoms with Crippen molar-refractivity contribution in [3.63, 3.8) is 0 Å². The quantitative estimate of drug-likeness (QED) is 0.787. The van der Waals surface area contributed by atoms with Crippen molar-refractivity contribution in [2.24, 2.45) is 0 Å². The van der Waals surface area contributed by atoms with Gasteiger partial charge in [0.25, 0.3) is 5.91 Å². The summed E-state index contributed by atoms with van der Waals surface area (Å²) >= 11 is 0. The molecule has 30 heavy (non-hydrogen) atoms. The minimum atomic E-state index is -5.52. The monoisotopic (exact) mass is 441 g/mol. The second-order valence-electron chi connectivity index (χ2n) is 7.21. The van der Waals surface area contributed by atoms with Gasteiger partial charge in [-0.1, -0.05) is 18.2 Å². The molecule has 0 unspecified atom stereocenters. The van der Waals surface area contributed by atoms with E-state index in [0.29, 0.717) is 25.2 Å². The highest BCUT2D eigenvalue weighted by molar-refractivity contribution is 7.93. The van der Waals surface area contributed by atoms with Crippen LogP contribution in [0.5, 0.6) is 0 Å². The van der Waals surface area contributed by atoms with E-state index < -0.39 is 15.5 Å². The predicted octanol–water partition coefficient (Wildman–Crippen LogP) is 3.61. The average Bonchev–Trinajstić information content (AvgIpc) is 2.68. The molecule has 1 amide bonds. The number of benzene rings is 2. The highest BCUT2D eigenvalue weighted by atomic mass is 32.2. The molecular formula is C20H22F3N3O3S. The number of alkyl halides is 3. The molecule has 0 spiro atoms. The van der Waals surface area contributed by atoms with Crippen LogP contribution < -0.4 is 9.62 Å². The van der Waals surface area contributed by atoms with E-state index >= 15 is 0 Å². The minimum Gasteiger partial charge on any atom is -0.368 e. The maximum atomic E-state index is 13.0. The number of piperazine rings is 1. The van der Waals surface area contributed by atoms with Crippen LogP contribution in [0.25, 0.3) is 0 Å². The van der Waals surface area contributed by atoms with Gasteiger partial charge >= 0.3 is 15.5 Å². The van der Waals surface area contributed by atoms with Crippen LogP contribution >= 0.6 is 0 Å². The van der Waals surface area contributed by atoms with E-state index in [4.69, 9.17) is 0 Å². The number of carbonyl (C=O) groups is 1. The molecule has 1 aliphatic rings. The van der Waals surface area contributed by atoms with Crippen LogP contribution in [0.3, 0.4) is 0 Å². The molecule has 0 aromatic heterocycles. The molecule has 0 bridgehead atoms. The number of para-hydroxylation sites is 1. The van der Waals surface area contributed by atoms with Gasteiger partial charge in [0.1, 0.15) is 0 Å². The number of hydrogen-bond acceptors (Lipinski definition) is 4. The number of sulfonamides is 1. The molecule has 6 nitrogen and oxygen atoms in total. The smallest absolute Gasteiger partial charge is 0.368 e. The number of nitrogens with one attached hydrogen (secondary N) is 1. The standard InChI is InChI=1S/C20H22F3N3O3S/c1-14-12-16(8-9-18(14)24-30(28,29)20(21,22)23)19(27)26-11-10-25(13-15(26)2)17-6-4-3-5-7-17/h3-9,12,15,24H,10-11,13H2,1-2H3/t15-/m0/s1. The van der Waals surface area contributed by atoms with Crippen molar-refractivity contribution in [2.75, 3.05) is 29.3 Å². The Balaban J connectivity index is 1.72. The Hall–Kier alpha value is -2.75. The second-order valence-corrected chi connectivity index (χ2v) is 8.88. The Kier molecular flexibility index (Phi) is 5.98. The van der Waals surface area contributed by atoms with Crippen LogP contribution in [0, 0.1) is 6.92 Å². The lowest BCUT2D eigenvalue weighted by Gasteiger charge is -2.41. The lowest BCUT2D eigenvalue weighted by atomic mass is 10.1. The van der Waals surface area contributed by atoms with Gasteiger partial charge in [0.2, 0.25) is 0 Å². The molecule has 1 atom stereocenters. The summed E-state index contributed by atoms with van der Waals surface area (Å²) in [4.78, 5) is 16.9. The summed E-state index contributed by atoms with van der Waals surface area (Å²) in [7, 11) is -5.52. The second kappa shape index (κ2) is 8.17. The van der Waals surface area contributed by atoms with Crippen LogP contribution in [0.4, 0.5) is 24.5 Å². The summed E-state index contributed by atoms with van der Waals surface area (Å²) in [6.07, 6.45) is 0.